The van der Waals surface area contributed by atoms with Crippen LogP contribution in [0.5, 0.6) is 0 Å². The first kappa shape index (κ1) is 34.5. The number of likely N-dealkylation sites (tertiary alicyclic amines) is 2. The molecule has 4 bridgehead atoms. The number of rotatable bonds is 7. The van der Waals surface area contributed by atoms with Crippen molar-refractivity contribution in [1.29, 1.82) is 5.26 Å². The van der Waals surface area contributed by atoms with Gasteiger partial charge in [-0.2, -0.15) is 5.26 Å². The highest BCUT2D eigenvalue weighted by atomic mass is 35.5. The molecule has 54 heavy (non-hydrogen) atoms. The quantitative estimate of drug-likeness (QED) is 0.205. The Hall–Kier alpha value is -4.00. The molecule has 11 rings (SSSR count). The van der Waals surface area contributed by atoms with Crippen LogP contribution in [-0.2, 0) is 16.0 Å². The standard InChI is InChI=1S/C44H48ClFN6O2/c1-22(19-47)14-26-15-32-39(38(46)37(26)30-10-7-11-34(45)23(30)2)49-24(3)31-18-36(52(41(31)32)40-27-16-35(40)48-20-27)42-33-17-29(51(42)43(53)25-12-13-25)21-50(44(33)54)28-8-5-4-6-9-28/h7,10-11,15,18,22,25,27-29,33,35,40,42,48H,4-6,8-9,12-14,16-17,20-21H2,1-3H3/t22?,27-,29-,33-,35-,40+,42-/m1/s1. The number of hydrogen-bond donors (Lipinski definition) is 1. The minimum absolute atomic E-state index is 0.00796. The van der Waals surface area contributed by atoms with Gasteiger partial charge in [-0.05, 0) is 107 Å². The number of benzene rings is 2. The number of carbonyl (C=O) groups is 2. The number of fused-ring (bicyclic) bond motifs is 6. The summed E-state index contributed by atoms with van der Waals surface area (Å²) in [5, 5.41) is 15.9. The Morgan fingerprint density at radius 3 is 2.59 bits per heavy atom. The summed E-state index contributed by atoms with van der Waals surface area (Å²) >= 11 is 6.60. The zero-order chi connectivity index (χ0) is 37.2. The van der Waals surface area contributed by atoms with Crippen molar-refractivity contribution >= 4 is 45.2 Å². The number of nitrogens with one attached hydrogen (secondary N) is 1. The van der Waals surface area contributed by atoms with Crippen molar-refractivity contribution in [2.24, 2.45) is 23.7 Å². The van der Waals surface area contributed by atoms with Crippen LogP contribution >= 0.6 is 11.6 Å². The highest BCUT2D eigenvalue weighted by Gasteiger charge is 2.58. The van der Waals surface area contributed by atoms with E-state index in [2.05, 4.69) is 37.9 Å². The molecule has 7 atom stereocenters. The molecule has 4 aromatic rings. The summed E-state index contributed by atoms with van der Waals surface area (Å²) in [7, 11) is 0. The first-order valence-electron chi connectivity index (χ1n) is 20.3. The van der Waals surface area contributed by atoms with Gasteiger partial charge in [-0.15, -0.1) is 0 Å². The zero-order valence-corrected chi connectivity index (χ0v) is 32.1. The van der Waals surface area contributed by atoms with Crippen molar-refractivity contribution in [2.45, 2.75) is 115 Å². The van der Waals surface area contributed by atoms with E-state index in [0.29, 0.717) is 52.4 Å². The van der Waals surface area contributed by atoms with Gasteiger partial charge in [-0.3, -0.25) is 9.59 Å². The third kappa shape index (κ3) is 5.11. The number of amides is 2. The van der Waals surface area contributed by atoms with Crippen LogP contribution in [0, 0.1) is 54.7 Å². The molecule has 0 radical (unpaired) electrons. The van der Waals surface area contributed by atoms with Gasteiger partial charge >= 0.3 is 0 Å². The first-order valence-corrected chi connectivity index (χ1v) is 20.7. The molecule has 1 N–H and O–H groups in total. The Kier molecular flexibility index (Phi) is 8.16. The number of nitriles is 1. The van der Waals surface area contributed by atoms with Gasteiger partial charge in [0.05, 0.1) is 35.6 Å². The van der Waals surface area contributed by atoms with E-state index in [1.807, 2.05) is 39.0 Å². The van der Waals surface area contributed by atoms with Gasteiger partial charge in [0.2, 0.25) is 11.8 Å². The lowest BCUT2D eigenvalue weighted by Crippen LogP contribution is -2.51. The number of pyridine rings is 1. The Morgan fingerprint density at radius 1 is 1.09 bits per heavy atom. The van der Waals surface area contributed by atoms with E-state index >= 15 is 4.39 Å². The largest absolute Gasteiger partial charge is 0.337 e. The maximum absolute atomic E-state index is 17.5. The number of piperidine rings is 1. The molecule has 3 saturated carbocycles. The molecule has 4 aliphatic heterocycles. The summed E-state index contributed by atoms with van der Waals surface area (Å²) in [5.41, 5.74) is 5.61. The molecule has 0 spiro atoms. The predicted molar refractivity (Wildman–Crippen MR) is 207 cm³/mol. The van der Waals surface area contributed by atoms with Gasteiger partial charge in [0.1, 0.15) is 5.52 Å². The average molecular weight is 747 g/mol. The lowest BCUT2D eigenvalue weighted by Gasteiger charge is -2.40. The Bertz CT molecular complexity index is 2270. The summed E-state index contributed by atoms with van der Waals surface area (Å²) in [4.78, 5) is 38.5. The molecule has 2 amide bonds. The van der Waals surface area contributed by atoms with E-state index in [0.717, 1.165) is 84.9 Å². The van der Waals surface area contributed by atoms with Crippen LogP contribution in [0.2, 0.25) is 5.02 Å². The van der Waals surface area contributed by atoms with Crippen LogP contribution in [0.15, 0.2) is 30.3 Å². The second kappa shape index (κ2) is 12.8. The average Bonchev–Trinajstić information content (AvgIpc) is 3.45. The van der Waals surface area contributed by atoms with E-state index in [4.69, 9.17) is 16.6 Å². The summed E-state index contributed by atoms with van der Waals surface area (Å²) in [6.07, 6.45) is 9.52. The SMILES string of the molecule is Cc1c(Cl)cccc1-c1c(CC(C)C#N)cc2c(nc(C)c3cc([C@H]4[C@H]5C[C@H](CN(C6CCCCC6)C5=O)N4C(=O)C4CC4)n([C@H]4[C@H]5CN[C@@H]4C5)c32)c1F. The third-order valence-corrected chi connectivity index (χ3v) is 14.5. The van der Waals surface area contributed by atoms with Crippen LogP contribution in [0.4, 0.5) is 4.39 Å². The number of carbonyl (C=O) groups excluding carboxylic acids is 2. The smallest absolute Gasteiger partial charge is 0.228 e. The van der Waals surface area contributed by atoms with Crippen LogP contribution in [0.25, 0.3) is 32.9 Å². The molecule has 10 heteroatoms. The Balaban J connectivity index is 1.22. The highest BCUT2D eigenvalue weighted by Crippen LogP contribution is 2.54. The predicted octanol–water partition coefficient (Wildman–Crippen LogP) is 8.34. The normalized spacial score (nSPS) is 28.6. The van der Waals surface area contributed by atoms with Crippen LogP contribution in [-0.4, -0.2) is 62.4 Å². The van der Waals surface area contributed by atoms with E-state index in [1.54, 1.807) is 0 Å². The van der Waals surface area contributed by atoms with Crippen molar-refractivity contribution in [3.8, 4) is 17.2 Å². The summed E-state index contributed by atoms with van der Waals surface area (Å²) in [6, 6.07) is 12.4. The van der Waals surface area contributed by atoms with Crippen molar-refractivity contribution in [1.82, 2.24) is 24.7 Å². The second-order valence-electron chi connectivity index (χ2n) is 17.4. The minimum Gasteiger partial charge on any atom is -0.337 e. The molecule has 280 valence electrons. The molecular weight excluding hydrogens is 699 g/mol. The maximum Gasteiger partial charge on any atom is 0.228 e. The lowest BCUT2D eigenvalue weighted by molar-refractivity contribution is -0.141. The number of aromatic nitrogens is 2. The topological polar surface area (TPSA) is 94.3 Å². The van der Waals surface area contributed by atoms with Crippen LogP contribution in [0.1, 0.15) is 99.3 Å². The van der Waals surface area contributed by atoms with E-state index in [9.17, 15) is 14.9 Å². The number of halogens is 2. The fourth-order valence-electron chi connectivity index (χ4n) is 11.2. The van der Waals surface area contributed by atoms with Crippen LogP contribution in [0.3, 0.4) is 0 Å². The molecule has 3 aliphatic carbocycles. The number of aryl methyl sites for hydroxylation is 1. The van der Waals surface area contributed by atoms with Crippen molar-refractivity contribution in [2.75, 3.05) is 13.1 Å². The molecular formula is C44H48ClFN6O2. The van der Waals surface area contributed by atoms with Gasteiger partial charge in [0.15, 0.2) is 5.82 Å². The maximum atomic E-state index is 17.5. The summed E-state index contributed by atoms with van der Waals surface area (Å²) < 4.78 is 19.9. The van der Waals surface area contributed by atoms with Gasteiger partial charge in [0, 0.05) is 69.8 Å². The minimum atomic E-state index is -0.410. The zero-order valence-electron chi connectivity index (χ0n) is 31.4. The van der Waals surface area contributed by atoms with E-state index in [-0.39, 0.29) is 59.8 Å². The van der Waals surface area contributed by atoms with Crippen molar-refractivity contribution < 1.29 is 14.0 Å². The summed E-state index contributed by atoms with van der Waals surface area (Å²) in [6.45, 7) is 7.25. The summed E-state index contributed by atoms with van der Waals surface area (Å²) in [5.74, 6) is -0.262. The second-order valence-corrected chi connectivity index (χ2v) is 17.8. The van der Waals surface area contributed by atoms with Crippen molar-refractivity contribution in [3.63, 3.8) is 0 Å². The molecule has 1 unspecified atom stereocenters. The number of nitrogens with zero attached hydrogens (tertiary/aromatic N) is 5. The fourth-order valence-corrected chi connectivity index (χ4v) is 11.4. The first-order chi connectivity index (χ1) is 26.1. The molecule has 2 aromatic heterocycles. The monoisotopic (exact) mass is 746 g/mol. The fraction of sp³-hybridized carbons (Fsp3) is 0.545. The molecule has 6 heterocycles. The van der Waals surface area contributed by atoms with Gasteiger partial charge in [-0.25, -0.2) is 9.37 Å². The molecule has 4 saturated heterocycles. The Morgan fingerprint density at radius 2 is 1.89 bits per heavy atom. The van der Waals surface area contributed by atoms with E-state index < -0.39 is 5.82 Å². The van der Waals surface area contributed by atoms with Gasteiger partial charge in [0.25, 0.3) is 0 Å². The van der Waals surface area contributed by atoms with Crippen LogP contribution < -0.4 is 5.32 Å². The van der Waals surface area contributed by atoms with E-state index in [1.165, 1.54) is 6.42 Å². The highest BCUT2D eigenvalue weighted by molar-refractivity contribution is 6.31. The molecule has 8 nitrogen and oxygen atoms in total. The molecule has 7 aliphatic rings. The third-order valence-electron chi connectivity index (χ3n) is 14.1. The van der Waals surface area contributed by atoms with Gasteiger partial charge in [-0.1, -0.05) is 43.0 Å². The van der Waals surface area contributed by atoms with Gasteiger partial charge < -0.3 is 19.7 Å². The lowest BCUT2D eigenvalue weighted by atomic mass is 9.79. The van der Waals surface area contributed by atoms with Crippen molar-refractivity contribution in [3.05, 3.63) is 63.7 Å². The molecule has 2 aromatic carbocycles. The Labute approximate surface area is 321 Å². The molecule has 7 fully saturated rings. The number of hydrogen-bond acceptors (Lipinski definition) is 5.